The first-order chi connectivity index (χ1) is 13.6. The molecule has 29 heavy (non-hydrogen) atoms. The summed E-state index contributed by atoms with van der Waals surface area (Å²) in [7, 11) is 1.52. The molecule has 0 spiro atoms. The van der Waals surface area contributed by atoms with Crippen LogP contribution in [0.1, 0.15) is 36.7 Å². The summed E-state index contributed by atoms with van der Waals surface area (Å²) in [6.07, 6.45) is 0. The Morgan fingerprint density at radius 3 is 2.45 bits per heavy atom. The average Bonchev–Trinajstić information content (AvgIpc) is 2.64. The van der Waals surface area contributed by atoms with Crippen molar-refractivity contribution in [1.29, 1.82) is 0 Å². The van der Waals surface area contributed by atoms with Crippen LogP contribution in [-0.2, 0) is 11.3 Å². The Balaban J connectivity index is 2.04. The summed E-state index contributed by atoms with van der Waals surface area (Å²) in [5.41, 5.74) is 1.20. The van der Waals surface area contributed by atoms with Crippen molar-refractivity contribution in [3.8, 4) is 11.5 Å². The lowest BCUT2D eigenvalue weighted by Crippen LogP contribution is -2.43. The van der Waals surface area contributed by atoms with E-state index in [1.54, 1.807) is 12.1 Å². The molecule has 0 aliphatic heterocycles. The Morgan fingerprint density at radius 2 is 1.83 bits per heavy atom. The summed E-state index contributed by atoms with van der Waals surface area (Å²) in [6.45, 7) is 5.95. The Kier molecular flexibility index (Phi) is 7.34. The fraction of sp³-hybridized carbons (Fsp3) is 0.333. The van der Waals surface area contributed by atoms with Gasteiger partial charge in [0.25, 0.3) is 5.91 Å². The number of carboxylic acids is 1. The zero-order valence-corrected chi connectivity index (χ0v) is 17.6. The van der Waals surface area contributed by atoms with Crippen LogP contribution < -0.4 is 20.1 Å². The van der Waals surface area contributed by atoms with Gasteiger partial charge in [-0.1, -0.05) is 17.7 Å². The second-order valence-electron chi connectivity index (χ2n) is 7.43. The highest BCUT2D eigenvalue weighted by atomic mass is 35.5. The molecule has 7 nitrogen and oxygen atoms in total. The Labute approximate surface area is 175 Å². The van der Waals surface area contributed by atoms with Crippen LogP contribution in [0.3, 0.4) is 0 Å². The van der Waals surface area contributed by atoms with Gasteiger partial charge in [0, 0.05) is 12.1 Å². The second-order valence-corrected chi connectivity index (χ2v) is 7.83. The van der Waals surface area contributed by atoms with E-state index in [-0.39, 0.29) is 23.6 Å². The molecule has 2 aromatic carbocycles. The zero-order chi connectivity index (χ0) is 21.6. The van der Waals surface area contributed by atoms with Gasteiger partial charge in [-0.25, -0.2) is 4.79 Å². The third-order valence-electron chi connectivity index (χ3n) is 3.80. The molecule has 3 N–H and O–H groups in total. The Bertz CT molecular complexity index is 893. The highest BCUT2D eigenvalue weighted by Crippen LogP contribution is 2.29. The van der Waals surface area contributed by atoms with Crippen LogP contribution in [0.5, 0.6) is 11.5 Å². The third-order valence-corrected chi connectivity index (χ3v) is 4.13. The van der Waals surface area contributed by atoms with E-state index in [0.717, 1.165) is 5.56 Å². The van der Waals surface area contributed by atoms with E-state index in [2.05, 4.69) is 10.6 Å². The van der Waals surface area contributed by atoms with E-state index in [9.17, 15) is 9.59 Å². The topological polar surface area (TPSA) is 96.9 Å². The first-order valence-electron chi connectivity index (χ1n) is 8.96. The average molecular weight is 421 g/mol. The van der Waals surface area contributed by atoms with Crippen LogP contribution in [0.25, 0.3) is 0 Å². The molecule has 0 saturated heterocycles. The fourth-order valence-electron chi connectivity index (χ4n) is 2.53. The van der Waals surface area contributed by atoms with Crippen LogP contribution in [-0.4, -0.2) is 36.2 Å². The normalized spacial score (nSPS) is 10.9. The number of benzene rings is 2. The third kappa shape index (κ3) is 6.87. The maximum atomic E-state index is 11.9. The monoisotopic (exact) mass is 420 g/mol. The standard InChI is InChI=1S/C21H25ClN2O5/c1-21(2,3)24-19(25)12-29-17-8-5-13(9-18(17)28-4)11-23-16-10-14(20(26)27)6-7-15(16)22/h5-10,23H,11-12H2,1-4H3,(H,24,25)(H,26,27). The number of carbonyl (C=O) groups is 2. The molecule has 1 amide bonds. The number of nitrogens with one attached hydrogen (secondary N) is 2. The van der Waals surface area contributed by atoms with E-state index >= 15 is 0 Å². The predicted molar refractivity (Wildman–Crippen MR) is 112 cm³/mol. The van der Waals surface area contributed by atoms with E-state index < -0.39 is 5.97 Å². The molecule has 0 heterocycles. The highest BCUT2D eigenvalue weighted by molar-refractivity contribution is 6.33. The molecule has 2 rings (SSSR count). The zero-order valence-electron chi connectivity index (χ0n) is 16.8. The summed E-state index contributed by atoms with van der Waals surface area (Å²) in [4.78, 5) is 23.0. The van der Waals surface area contributed by atoms with Crippen molar-refractivity contribution < 1.29 is 24.2 Å². The molecule has 0 radical (unpaired) electrons. The first kappa shape index (κ1) is 22.4. The molecule has 0 bridgehead atoms. The van der Waals surface area contributed by atoms with Crippen molar-refractivity contribution in [2.45, 2.75) is 32.9 Å². The maximum Gasteiger partial charge on any atom is 0.335 e. The fourth-order valence-corrected chi connectivity index (χ4v) is 2.71. The number of methoxy groups -OCH3 is 1. The number of halogens is 1. The van der Waals surface area contributed by atoms with Crippen molar-refractivity contribution in [1.82, 2.24) is 5.32 Å². The van der Waals surface area contributed by atoms with E-state index in [4.69, 9.17) is 26.2 Å². The van der Waals surface area contributed by atoms with Gasteiger partial charge in [0.05, 0.1) is 23.4 Å². The van der Waals surface area contributed by atoms with Gasteiger partial charge in [-0.05, 0) is 56.7 Å². The number of rotatable bonds is 8. The summed E-state index contributed by atoms with van der Waals surface area (Å²) in [6, 6.07) is 9.78. The summed E-state index contributed by atoms with van der Waals surface area (Å²) >= 11 is 6.13. The number of anilines is 1. The molecule has 0 unspecified atom stereocenters. The molecule has 0 saturated carbocycles. The number of aromatic carboxylic acids is 1. The van der Waals surface area contributed by atoms with E-state index in [0.29, 0.717) is 28.8 Å². The van der Waals surface area contributed by atoms with E-state index in [1.165, 1.54) is 25.3 Å². The lowest BCUT2D eigenvalue weighted by Gasteiger charge is -2.20. The number of carboxylic acid groups (broad SMARTS) is 1. The number of amides is 1. The van der Waals surface area contributed by atoms with Gasteiger partial charge in [-0.15, -0.1) is 0 Å². The van der Waals surface area contributed by atoms with Crippen molar-refractivity contribution in [3.05, 3.63) is 52.5 Å². The highest BCUT2D eigenvalue weighted by Gasteiger charge is 2.15. The van der Waals surface area contributed by atoms with Gasteiger partial charge in [0.15, 0.2) is 18.1 Å². The number of carbonyl (C=O) groups excluding carboxylic acids is 1. The number of hydrogen-bond donors (Lipinski definition) is 3. The molecule has 0 fully saturated rings. The van der Waals surface area contributed by atoms with Gasteiger partial charge >= 0.3 is 5.97 Å². The van der Waals surface area contributed by atoms with Crippen LogP contribution in [0.15, 0.2) is 36.4 Å². The van der Waals surface area contributed by atoms with Crippen LogP contribution >= 0.6 is 11.6 Å². The van der Waals surface area contributed by atoms with Gasteiger partial charge in [0.2, 0.25) is 0 Å². The lowest BCUT2D eigenvalue weighted by atomic mass is 10.1. The first-order valence-corrected chi connectivity index (χ1v) is 9.34. The SMILES string of the molecule is COc1cc(CNc2cc(C(=O)O)ccc2Cl)ccc1OCC(=O)NC(C)(C)C. The van der Waals surface area contributed by atoms with Gasteiger partial charge in [-0.3, -0.25) is 4.79 Å². The molecular weight excluding hydrogens is 396 g/mol. The van der Waals surface area contributed by atoms with Crippen LogP contribution in [0, 0.1) is 0 Å². The molecule has 2 aromatic rings. The molecule has 0 aliphatic carbocycles. The lowest BCUT2D eigenvalue weighted by molar-refractivity contribution is -0.124. The van der Waals surface area contributed by atoms with E-state index in [1.807, 2.05) is 26.8 Å². The number of hydrogen-bond acceptors (Lipinski definition) is 5. The Morgan fingerprint density at radius 1 is 1.10 bits per heavy atom. The van der Waals surface area contributed by atoms with Crippen molar-refractivity contribution in [2.75, 3.05) is 19.0 Å². The van der Waals surface area contributed by atoms with Crippen molar-refractivity contribution in [2.24, 2.45) is 0 Å². The van der Waals surface area contributed by atoms with Gasteiger partial charge in [0.1, 0.15) is 0 Å². The van der Waals surface area contributed by atoms with Crippen LogP contribution in [0.4, 0.5) is 5.69 Å². The molecule has 0 atom stereocenters. The maximum absolute atomic E-state index is 11.9. The van der Waals surface area contributed by atoms with Crippen LogP contribution in [0.2, 0.25) is 5.02 Å². The molecule has 156 valence electrons. The largest absolute Gasteiger partial charge is 0.493 e. The minimum atomic E-state index is -1.02. The van der Waals surface area contributed by atoms with Crippen molar-refractivity contribution in [3.63, 3.8) is 0 Å². The molecule has 8 heteroatoms. The quantitative estimate of drug-likeness (QED) is 0.598. The summed E-state index contributed by atoms with van der Waals surface area (Å²) in [5.74, 6) is -0.314. The summed E-state index contributed by atoms with van der Waals surface area (Å²) in [5, 5.41) is 15.5. The molecule has 0 aromatic heterocycles. The minimum Gasteiger partial charge on any atom is -0.493 e. The van der Waals surface area contributed by atoms with Gasteiger partial charge in [-0.2, -0.15) is 0 Å². The smallest absolute Gasteiger partial charge is 0.335 e. The second kappa shape index (κ2) is 9.52. The number of ether oxygens (including phenoxy) is 2. The predicted octanol–water partition coefficient (Wildman–Crippen LogP) is 3.95. The van der Waals surface area contributed by atoms with Crippen molar-refractivity contribution >= 4 is 29.2 Å². The summed E-state index contributed by atoms with van der Waals surface area (Å²) < 4.78 is 10.9. The minimum absolute atomic E-state index is 0.122. The molecular formula is C21H25ClN2O5. The van der Waals surface area contributed by atoms with Gasteiger partial charge < -0.3 is 25.2 Å². The molecule has 0 aliphatic rings. The Hall–Kier alpha value is -2.93.